The van der Waals surface area contributed by atoms with E-state index in [0.717, 1.165) is 6.54 Å². The van der Waals surface area contributed by atoms with Crippen LogP contribution < -0.4 is 58.8 Å². The molecule has 0 aliphatic heterocycles. The summed E-state index contributed by atoms with van der Waals surface area (Å²) in [7, 11) is 0. The summed E-state index contributed by atoms with van der Waals surface area (Å²) in [6.45, 7) is 16.9. The van der Waals surface area contributed by atoms with Crippen LogP contribution in [0.2, 0.25) is 0 Å². The Bertz CT molecular complexity index is 231. The summed E-state index contributed by atoms with van der Waals surface area (Å²) in [5.74, 6) is 0. The Morgan fingerprint density at radius 3 is 0.788 bits per heavy atom. The molecule has 230 valence electrons. The zero-order valence-electron chi connectivity index (χ0n) is 23.6. The van der Waals surface area contributed by atoms with Gasteiger partial charge in [-0.1, -0.05) is 0 Å². The minimum absolute atomic E-state index is 0. The number of alkyl halides is 1. The molecule has 12 heteroatoms. The van der Waals surface area contributed by atoms with Crippen molar-refractivity contribution >= 4 is 11.6 Å². The van der Waals surface area contributed by atoms with Crippen LogP contribution in [-0.4, -0.2) is 41.2 Å². The first kappa shape index (κ1) is 91.6. The van der Waals surface area contributed by atoms with E-state index in [9.17, 15) is 0 Å². The SMILES string of the molecule is CC(C)(N)C(C)(C)N.CC(C)(N)C(C)(C)N.NCCNCCl.[CH3-].[CH3-].[CH3-].[CH3-].[CH3-].[CH3-].[Cl-].[Cl-].[Ni+2].[Ni].[Pd]. The molecule has 0 saturated carbocycles. The third-order valence-corrected chi connectivity index (χ3v) is 3.93. The van der Waals surface area contributed by atoms with Gasteiger partial charge in [-0.05, 0) is 55.4 Å². The van der Waals surface area contributed by atoms with Crippen LogP contribution in [-0.2, 0) is 53.4 Å². The Morgan fingerprint density at radius 2 is 0.758 bits per heavy atom. The molecule has 0 unspecified atom stereocenters. The molecule has 0 aliphatic rings. The number of rotatable bonds is 5. The Kier molecular flexibility index (Phi) is 115. The number of nitrogens with one attached hydrogen (secondary N) is 1. The van der Waals surface area contributed by atoms with Gasteiger partial charge in [0.2, 0.25) is 0 Å². The first-order chi connectivity index (χ1) is 9.41. The van der Waals surface area contributed by atoms with Crippen LogP contribution in [0.4, 0.5) is 0 Å². The summed E-state index contributed by atoms with van der Waals surface area (Å²) in [6.07, 6.45) is 0. The fraction of sp³-hybridized carbons (Fsp3) is 0.714. The second kappa shape index (κ2) is 41.4. The average molecular weight is 726 g/mol. The van der Waals surface area contributed by atoms with Crippen LogP contribution in [0.3, 0.4) is 0 Å². The second-order valence-electron chi connectivity index (χ2n) is 7.81. The normalized spacial score (nSPS) is 8.55. The quantitative estimate of drug-likeness (QED) is 0.0602. The Hall–Kier alpha value is 2.28. The summed E-state index contributed by atoms with van der Waals surface area (Å²) in [4.78, 5) is 0. The molecule has 0 bridgehead atoms. The first-order valence-electron chi connectivity index (χ1n) is 7.54. The summed E-state index contributed by atoms with van der Waals surface area (Å²) in [6, 6.07) is 0.497. The minimum atomic E-state index is -0.285. The Balaban J connectivity index is -0.0000000118. The molecule has 33 heavy (non-hydrogen) atoms. The van der Waals surface area contributed by atoms with Gasteiger partial charge in [0.15, 0.2) is 0 Å². The zero-order valence-corrected chi connectivity index (χ0v) is 29.4. The largest absolute Gasteiger partial charge is 2.00 e. The molecular formula is C21H59Cl3N6Ni2Pd-6. The molecule has 0 aromatic rings. The number of hydrogen-bond acceptors (Lipinski definition) is 6. The first-order valence-corrected chi connectivity index (χ1v) is 8.07. The smallest absolute Gasteiger partial charge is 1.00 e. The van der Waals surface area contributed by atoms with Gasteiger partial charge in [-0.25, -0.2) is 0 Å². The molecule has 0 atom stereocenters. The number of nitrogens with two attached hydrogens (primary N) is 5. The molecule has 0 radical (unpaired) electrons. The van der Waals surface area contributed by atoms with Crippen molar-refractivity contribution in [3.8, 4) is 0 Å². The average Bonchev–Trinajstić information content (AvgIpc) is 2.22. The van der Waals surface area contributed by atoms with Crippen LogP contribution >= 0.6 is 11.6 Å². The van der Waals surface area contributed by atoms with Gasteiger partial charge in [0.25, 0.3) is 0 Å². The van der Waals surface area contributed by atoms with Crippen LogP contribution in [0.5, 0.6) is 0 Å². The number of hydrogen-bond donors (Lipinski definition) is 6. The minimum Gasteiger partial charge on any atom is -1.00 e. The maximum atomic E-state index is 5.69. The van der Waals surface area contributed by atoms with Crippen molar-refractivity contribution in [1.82, 2.24) is 5.32 Å². The fourth-order valence-corrected chi connectivity index (χ4v) is 0.303. The zero-order chi connectivity index (χ0) is 18.8. The second-order valence-corrected chi connectivity index (χ2v) is 8.08. The molecule has 0 heterocycles. The van der Waals surface area contributed by atoms with Crippen LogP contribution in [0.1, 0.15) is 55.4 Å². The maximum absolute atomic E-state index is 5.69. The predicted molar refractivity (Wildman–Crippen MR) is 139 cm³/mol. The van der Waals surface area contributed by atoms with Crippen molar-refractivity contribution in [2.75, 3.05) is 19.1 Å². The van der Waals surface area contributed by atoms with Gasteiger partial charge in [-0.15, -0.1) is 11.6 Å². The van der Waals surface area contributed by atoms with Gasteiger partial charge in [0, 0.05) is 72.2 Å². The van der Waals surface area contributed by atoms with Crippen molar-refractivity contribution in [1.29, 1.82) is 0 Å². The third kappa shape index (κ3) is 65.9. The van der Waals surface area contributed by atoms with Crippen molar-refractivity contribution in [2.45, 2.75) is 77.5 Å². The van der Waals surface area contributed by atoms with Gasteiger partial charge in [0.1, 0.15) is 0 Å². The Morgan fingerprint density at radius 1 is 0.606 bits per heavy atom. The summed E-state index contributed by atoms with van der Waals surface area (Å²) >= 11 is 5.21. The molecule has 0 aliphatic carbocycles. The van der Waals surface area contributed by atoms with E-state index >= 15 is 0 Å². The number of halogens is 3. The molecule has 0 aromatic heterocycles. The van der Waals surface area contributed by atoms with Gasteiger partial charge >= 0.3 is 16.5 Å². The molecule has 0 spiro atoms. The van der Waals surface area contributed by atoms with Crippen molar-refractivity contribution in [2.24, 2.45) is 28.7 Å². The van der Waals surface area contributed by atoms with Crippen molar-refractivity contribution < 1.29 is 78.2 Å². The van der Waals surface area contributed by atoms with Gasteiger partial charge in [0.05, 0.1) is 6.00 Å². The van der Waals surface area contributed by atoms with Crippen LogP contribution in [0.15, 0.2) is 0 Å². The van der Waals surface area contributed by atoms with E-state index < -0.39 is 0 Å². The molecule has 0 aromatic carbocycles. The van der Waals surface area contributed by atoms with E-state index in [-0.39, 0.29) is 145 Å². The molecule has 0 amide bonds. The standard InChI is InChI=1S/2C6H16N2.C3H9ClN2.6CH3.2ClH.2Ni.Pd/c2*1-5(2,7)6(3,4)8;4-3-6-2-1-5;;;;;;;;;;;/h2*7-8H2,1-4H3;6H,1-3,5H2;6*1H3;2*1H;;;/q;;;6*-1;;;;+2;/p-2. The predicted octanol–water partition coefficient (Wildman–Crippen LogP) is -2.64. The summed E-state index contributed by atoms with van der Waals surface area (Å²) in [5.41, 5.74) is 26.7. The molecule has 11 N–H and O–H groups in total. The topological polar surface area (TPSA) is 142 Å². The van der Waals surface area contributed by atoms with E-state index in [1.54, 1.807) is 0 Å². The summed E-state index contributed by atoms with van der Waals surface area (Å²) in [5, 5.41) is 2.84. The maximum Gasteiger partial charge on any atom is 2.00 e. The van der Waals surface area contributed by atoms with E-state index in [1.807, 2.05) is 55.4 Å². The van der Waals surface area contributed by atoms with Gasteiger partial charge in [-0.2, -0.15) is 0 Å². The van der Waals surface area contributed by atoms with E-state index in [2.05, 4.69) is 5.32 Å². The van der Waals surface area contributed by atoms with Gasteiger partial charge < -0.3 is 103 Å². The van der Waals surface area contributed by atoms with E-state index in [1.165, 1.54) is 0 Å². The van der Waals surface area contributed by atoms with Crippen molar-refractivity contribution in [3.63, 3.8) is 0 Å². The molecule has 6 nitrogen and oxygen atoms in total. The van der Waals surface area contributed by atoms with E-state index in [4.69, 9.17) is 40.3 Å². The molecule has 0 saturated heterocycles. The summed E-state index contributed by atoms with van der Waals surface area (Å²) < 4.78 is 0. The van der Waals surface area contributed by atoms with Crippen LogP contribution in [0, 0.1) is 44.6 Å². The van der Waals surface area contributed by atoms with Crippen LogP contribution in [0.25, 0.3) is 0 Å². The molecule has 0 fully saturated rings. The van der Waals surface area contributed by atoms with Gasteiger partial charge in [-0.3, -0.25) is 0 Å². The van der Waals surface area contributed by atoms with Crippen molar-refractivity contribution in [3.05, 3.63) is 44.6 Å². The monoisotopic (exact) mass is 722 g/mol. The molecular weight excluding hydrogens is 666 g/mol. The fourth-order valence-electron chi connectivity index (χ4n) is 0.169. The Labute approximate surface area is 263 Å². The third-order valence-electron chi connectivity index (χ3n) is 3.74. The molecule has 0 rings (SSSR count). The van der Waals surface area contributed by atoms with E-state index in [0.29, 0.717) is 12.5 Å².